The lowest BCUT2D eigenvalue weighted by atomic mass is 9.97. The molecule has 1 aliphatic carbocycles. The number of rotatable bonds is 8. The van der Waals surface area contributed by atoms with Gasteiger partial charge in [-0.2, -0.15) is 0 Å². The minimum Gasteiger partial charge on any atom is -0.365 e. The Kier molecular flexibility index (Phi) is 6.55. The summed E-state index contributed by atoms with van der Waals surface area (Å²) >= 11 is 0. The van der Waals surface area contributed by atoms with Crippen LogP contribution >= 0.6 is 0 Å². The molecule has 1 amide bonds. The summed E-state index contributed by atoms with van der Waals surface area (Å²) in [5.41, 5.74) is 2.76. The first-order valence-corrected chi connectivity index (χ1v) is 8.94. The SMILES string of the molecule is O=C(COCc1cc(-c2ccc(F)cc2)on1)NCCC1=CCCCC1. The molecular formula is C20H23FN2O3. The number of allylic oxidation sites excluding steroid dienone is 1. The molecule has 1 aromatic heterocycles. The number of carbonyl (C=O) groups excluding carboxylic acids is 1. The highest BCUT2D eigenvalue weighted by molar-refractivity contribution is 5.77. The van der Waals surface area contributed by atoms with E-state index in [1.54, 1.807) is 18.2 Å². The minimum atomic E-state index is -0.303. The topological polar surface area (TPSA) is 64.4 Å². The number of nitrogens with zero attached hydrogens (tertiary/aromatic N) is 1. The van der Waals surface area contributed by atoms with Crippen LogP contribution < -0.4 is 5.32 Å². The fourth-order valence-corrected chi connectivity index (χ4v) is 2.92. The third-order valence-corrected chi connectivity index (χ3v) is 4.32. The lowest BCUT2D eigenvalue weighted by Crippen LogP contribution is -2.28. The highest BCUT2D eigenvalue weighted by atomic mass is 19.1. The van der Waals surface area contributed by atoms with Gasteiger partial charge in [-0.3, -0.25) is 4.79 Å². The minimum absolute atomic E-state index is 0.0161. The maximum Gasteiger partial charge on any atom is 0.246 e. The number of halogens is 1. The second kappa shape index (κ2) is 9.29. The van der Waals surface area contributed by atoms with Crippen molar-refractivity contribution in [3.63, 3.8) is 0 Å². The predicted molar refractivity (Wildman–Crippen MR) is 95.7 cm³/mol. The quantitative estimate of drug-likeness (QED) is 0.724. The smallest absolute Gasteiger partial charge is 0.246 e. The Balaban J connectivity index is 1.36. The number of hydrogen-bond acceptors (Lipinski definition) is 4. The van der Waals surface area contributed by atoms with E-state index in [1.807, 2.05) is 0 Å². The van der Waals surface area contributed by atoms with Crippen molar-refractivity contribution in [1.29, 1.82) is 0 Å². The molecule has 0 unspecified atom stereocenters. The molecule has 1 N–H and O–H groups in total. The van der Waals surface area contributed by atoms with E-state index in [0.717, 1.165) is 24.8 Å². The van der Waals surface area contributed by atoms with Crippen LogP contribution in [0.3, 0.4) is 0 Å². The predicted octanol–water partition coefficient (Wildman–Crippen LogP) is 4.00. The maximum absolute atomic E-state index is 12.9. The van der Waals surface area contributed by atoms with Crippen LogP contribution in [0.4, 0.5) is 4.39 Å². The number of nitrogens with one attached hydrogen (secondary N) is 1. The van der Waals surface area contributed by atoms with Gasteiger partial charge in [0.1, 0.15) is 18.1 Å². The van der Waals surface area contributed by atoms with Gasteiger partial charge in [-0.05, 0) is 56.4 Å². The van der Waals surface area contributed by atoms with Crippen LogP contribution in [0.5, 0.6) is 0 Å². The molecule has 0 spiro atoms. The second-order valence-corrected chi connectivity index (χ2v) is 6.39. The molecule has 1 aromatic carbocycles. The third kappa shape index (κ3) is 5.52. The molecule has 6 heteroatoms. The van der Waals surface area contributed by atoms with Gasteiger partial charge < -0.3 is 14.6 Å². The van der Waals surface area contributed by atoms with Gasteiger partial charge in [-0.15, -0.1) is 0 Å². The Hall–Kier alpha value is -2.47. The van der Waals surface area contributed by atoms with Crippen LogP contribution in [0, 0.1) is 5.82 Å². The van der Waals surface area contributed by atoms with E-state index in [-0.39, 0.29) is 24.9 Å². The average molecular weight is 358 g/mol. The van der Waals surface area contributed by atoms with Crippen molar-refractivity contribution in [3.05, 3.63) is 53.5 Å². The molecule has 2 aromatic rings. The average Bonchev–Trinajstić information content (AvgIpc) is 3.12. The normalized spacial score (nSPS) is 14.1. The second-order valence-electron chi connectivity index (χ2n) is 6.39. The van der Waals surface area contributed by atoms with E-state index < -0.39 is 0 Å². The highest BCUT2D eigenvalue weighted by Crippen LogP contribution is 2.21. The molecule has 0 radical (unpaired) electrons. The third-order valence-electron chi connectivity index (χ3n) is 4.32. The van der Waals surface area contributed by atoms with Gasteiger partial charge in [0.25, 0.3) is 0 Å². The molecule has 0 saturated carbocycles. The van der Waals surface area contributed by atoms with Gasteiger partial charge in [-0.1, -0.05) is 16.8 Å². The summed E-state index contributed by atoms with van der Waals surface area (Å²) in [6.45, 7) is 0.813. The fraction of sp³-hybridized carbons (Fsp3) is 0.400. The van der Waals surface area contributed by atoms with Crippen LogP contribution in [0.15, 0.2) is 46.5 Å². The standard InChI is InChI=1S/C20H23FN2O3/c21-17-8-6-16(7-9-17)19-12-18(23-26-19)13-25-14-20(24)22-11-10-15-4-2-1-3-5-15/h4,6-9,12H,1-3,5,10-11,13-14H2,(H,22,24). The molecule has 0 bridgehead atoms. The first-order valence-electron chi connectivity index (χ1n) is 8.94. The number of ether oxygens (including phenoxy) is 1. The molecule has 0 atom stereocenters. The summed E-state index contributed by atoms with van der Waals surface area (Å²) in [6, 6.07) is 7.69. The molecule has 1 aliphatic rings. The van der Waals surface area contributed by atoms with Crippen molar-refractivity contribution in [2.45, 2.75) is 38.7 Å². The van der Waals surface area contributed by atoms with Crippen molar-refractivity contribution in [1.82, 2.24) is 10.5 Å². The molecule has 138 valence electrons. The van der Waals surface area contributed by atoms with Gasteiger partial charge in [0, 0.05) is 18.2 Å². The van der Waals surface area contributed by atoms with Crippen LogP contribution in [-0.2, 0) is 16.1 Å². The molecule has 26 heavy (non-hydrogen) atoms. The number of carbonyl (C=O) groups is 1. The summed E-state index contributed by atoms with van der Waals surface area (Å²) < 4.78 is 23.5. The van der Waals surface area contributed by atoms with E-state index in [2.05, 4.69) is 16.5 Å². The van der Waals surface area contributed by atoms with Crippen LogP contribution in [0.25, 0.3) is 11.3 Å². The highest BCUT2D eigenvalue weighted by Gasteiger charge is 2.09. The van der Waals surface area contributed by atoms with E-state index >= 15 is 0 Å². The summed E-state index contributed by atoms with van der Waals surface area (Å²) in [6.07, 6.45) is 8.03. The fourth-order valence-electron chi connectivity index (χ4n) is 2.92. The zero-order chi connectivity index (χ0) is 18.2. The Labute approximate surface area is 152 Å². The molecule has 5 nitrogen and oxygen atoms in total. The van der Waals surface area contributed by atoms with Gasteiger partial charge in [0.15, 0.2) is 5.76 Å². The van der Waals surface area contributed by atoms with E-state index in [4.69, 9.17) is 9.26 Å². The van der Waals surface area contributed by atoms with Crippen LogP contribution in [-0.4, -0.2) is 24.2 Å². The monoisotopic (exact) mass is 358 g/mol. The molecule has 0 fully saturated rings. The summed E-state index contributed by atoms with van der Waals surface area (Å²) in [5, 5.41) is 6.77. The molecule has 1 heterocycles. The van der Waals surface area contributed by atoms with Gasteiger partial charge in [0.2, 0.25) is 5.91 Å². The Bertz CT molecular complexity index is 753. The molecule has 0 saturated heterocycles. The molecule has 3 rings (SSSR count). The molecule has 0 aliphatic heterocycles. The van der Waals surface area contributed by atoms with Crippen LogP contribution in [0.1, 0.15) is 37.8 Å². The van der Waals surface area contributed by atoms with Crippen LogP contribution in [0.2, 0.25) is 0 Å². The zero-order valence-electron chi connectivity index (χ0n) is 14.7. The van der Waals surface area contributed by atoms with Crippen molar-refractivity contribution in [2.24, 2.45) is 0 Å². The summed E-state index contributed by atoms with van der Waals surface area (Å²) in [5.74, 6) is 0.0973. The Morgan fingerprint density at radius 2 is 2.12 bits per heavy atom. The van der Waals surface area contributed by atoms with Gasteiger partial charge in [-0.25, -0.2) is 4.39 Å². The first kappa shape index (κ1) is 18.3. The van der Waals surface area contributed by atoms with Crippen molar-refractivity contribution >= 4 is 5.91 Å². The van der Waals surface area contributed by atoms with Crippen molar-refractivity contribution in [2.75, 3.05) is 13.2 Å². The Morgan fingerprint density at radius 1 is 1.27 bits per heavy atom. The zero-order valence-corrected chi connectivity index (χ0v) is 14.7. The summed E-state index contributed by atoms with van der Waals surface area (Å²) in [4.78, 5) is 11.8. The van der Waals surface area contributed by atoms with E-state index in [9.17, 15) is 9.18 Å². The van der Waals surface area contributed by atoms with Gasteiger partial charge in [0.05, 0.1) is 6.61 Å². The van der Waals surface area contributed by atoms with E-state index in [1.165, 1.54) is 30.5 Å². The van der Waals surface area contributed by atoms with Gasteiger partial charge >= 0.3 is 0 Å². The number of amides is 1. The number of hydrogen-bond donors (Lipinski definition) is 1. The molecular weight excluding hydrogens is 335 g/mol. The van der Waals surface area contributed by atoms with E-state index in [0.29, 0.717) is 18.0 Å². The number of aromatic nitrogens is 1. The maximum atomic E-state index is 12.9. The lowest BCUT2D eigenvalue weighted by Gasteiger charge is -2.12. The largest absolute Gasteiger partial charge is 0.365 e. The lowest BCUT2D eigenvalue weighted by molar-refractivity contribution is -0.126. The summed E-state index contributed by atoms with van der Waals surface area (Å²) in [7, 11) is 0. The Morgan fingerprint density at radius 3 is 2.88 bits per heavy atom. The first-order chi connectivity index (χ1) is 12.7. The number of benzene rings is 1. The van der Waals surface area contributed by atoms with Crippen molar-refractivity contribution < 1.29 is 18.4 Å². The van der Waals surface area contributed by atoms with Crippen molar-refractivity contribution in [3.8, 4) is 11.3 Å².